The van der Waals surface area contributed by atoms with Crippen molar-refractivity contribution in [3.05, 3.63) is 65.5 Å². The minimum atomic E-state index is -0.320. The van der Waals surface area contributed by atoms with Gasteiger partial charge in [0.2, 0.25) is 11.8 Å². The van der Waals surface area contributed by atoms with E-state index in [0.29, 0.717) is 25.9 Å². The number of hydrogen-bond donors (Lipinski definition) is 1. The maximum absolute atomic E-state index is 13.2. The number of piperidine rings is 1. The summed E-state index contributed by atoms with van der Waals surface area (Å²) in [4.78, 5) is 26.5. The number of hydrogen-bond acceptors (Lipinski definition) is 3. The second kappa shape index (κ2) is 9.35. The Morgan fingerprint density at radius 2 is 2.00 bits per heavy atom. The third-order valence-electron chi connectivity index (χ3n) is 5.06. The summed E-state index contributed by atoms with van der Waals surface area (Å²) in [7, 11) is 1.63. The molecule has 6 heteroatoms. The Bertz CT molecular complexity index is 823. The molecule has 1 N–H and O–H groups in total. The van der Waals surface area contributed by atoms with Crippen LogP contribution in [0.15, 0.2) is 48.5 Å². The van der Waals surface area contributed by atoms with E-state index in [1.165, 1.54) is 12.1 Å². The van der Waals surface area contributed by atoms with Crippen LogP contribution in [0, 0.1) is 11.7 Å². The number of methoxy groups -OCH3 is 1. The van der Waals surface area contributed by atoms with Crippen molar-refractivity contribution in [3.63, 3.8) is 0 Å². The van der Waals surface area contributed by atoms with Crippen LogP contribution in [0.3, 0.4) is 0 Å². The van der Waals surface area contributed by atoms with E-state index in [9.17, 15) is 14.0 Å². The van der Waals surface area contributed by atoms with Gasteiger partial charge in [0, 0.05) is 26.1 Å². The highest BCUT2D eigenvalue weighted by Crippen LogP contribution is 2.19. The Balaban J connectivity index is 1.51. The van der Waals surface area contributed by atoms with E-state index in [1.807, 2.05) is 24.3 Å². The molecule has 0 aliphatic carbocycles. The molecule has 1 heterocycles. The Morgan fingerprint density at radius 3 is 2.71 bits per heavy atom. The molecule has 3 rings (SSSR count). The van der Waals surface area contributed by atoms with E-state index < -0.39 is 0 Å². The van der Waals surface area contributed by atoms with E-state index in [4.69, 9.17) is 4.74 Å². The summed E-state index contributed by atoms with van der Waals surface area (Å²) in [6, 6.07) is 13.9. The molecule has 0 bridgehead atoms. The molecule has 0 spiro atoms. The fourth-order valence-corrected chi connectivity index (χ4v) is 3.38. The summed E-state index contributed by atoms with van der Waals surface area (Å²) in [5, 5.41) is 2.86. The van der Waals surface area contributed by atoms with Crippen molar-refractivity contribution in [3.8, 4) is 5.75 Å². The van der Waals surface area contributed by atoms with E-state index in [2.05, 4.69) is 5.32 Å². The zero-order chi connectivity index (χ0) is 19.9. The summed E-state index contributed by atoms with van der Waals surface area (Å²) in [6.45, 7) is 1.29. The molecule has 0 saturated carbocycles. The first-order chi connectivity index (χ1) is 13.5. The molecular weight excluding hydrogens is 359 g/mol. The fourth-order valence-electron chi connectivity index (χ4n) is 3.38. The van der Waals surface area contributed by atoms with Crippen LogP contribution >= 0.6 is 0 Å². The van der Waals surface area contributed by atoms with Crippen molar-refractivity contribution in [2.24, 2.45) is 5.92 Å². The molecule has 1 atom stereocenters. The molecule has 0 radical (unpaired) electrons. The maximum atomic E-state index is 13.2. The minimum absolute atomic E-state index is 0.0858. The number of nitrogens with one attached hydrogen (secondary N) is 1. The molecule has 1 aliphatic heterocycles. The van der Waals surface area contributed by atoms with Gasteiger partial charge in [-0.1, -0.05) is 24.3 Å². The second-order valence-electron chi connectivity index (χ2n) is 7.02. The van der Waals surface area contributed by atoms with Gasteiger partial charge in [0.25, 0.3) is 0 Å². The molecule has 1 fully saturated rings. The van der Waals surface area contributed by atoms with Crippen LogP contribution in [0.25, 0.3) is 0 Å². The van der Waals surface area contributed by atoms with Crippen molar-refractivity contribution in [2.45, 2.75) is 25.8 Å². The summed E-state index contributed by atoms with van der Waals surface area (Å²) < 4.78 is 18.4. The molecule has 2 aromatic carbocycles. The highest BCUT2D eigenvalue weighted by atomic mass is 19.1. The lowest BCUT2D eigenvalue weighted by Crippen LogP contribution is -2.46. The predicted octanol–water partition coefficient (Wildman–Crippen LogP) is 2.93. The van der Waals surface area contributed by atoms with Gasteiger partial charge in [0.05, 0.1) is 13.0 Å². The predicted molar refractivity (Wildman–Crippen MR) is 104 cm³/mol. The van der Waals surface area contributed by atoms with E-state index >= 15 is 0 Å². The summed E-state index contributed by atoms with van der Waals surface area (Å²) in [6.07, 6.45) is 1.65. The first-order valence-electron chi connectivity index (χ1n) is 9.48. The van der Waals surface area contributed by atoms with Crippen LogP contribution in [-0.4, -0.2) is 36.9 Å². The lowest BCUT2D eigenvalue weighted by Gasteiger charge is -2.32. The Labute approximate surface area is 164 Å². The zero-order valence-electron chi connectivity index (χ0n) is 16.0. The number of carbonyl (C=O) groups excluding carboxylic acids is 2. The largest absolute Gasteiger partial charge is 0.497 e. The highest BCUT2D eigenvalue weighted by molar-refractivity contribution is 5.83. The van der Waals surface area contributed by atoms with E-state index in [1.54, 1.807) is 24.1 Å². The standard InChI is InChI=1S/C22H25FN2O3/c1-28-20-8-5-16(6-9-20)11-12-25-15-18(7-10-21(25)26)22(27)24-14-17-3-2-4-19(23)13-17/h2-6,8-9,13,18H,7,10-12,14-15H2,1H3,(H,24,27)/t18-/m1/s1. The first-order valence-corrected chi connectivity index (χ1v) is 9.48. The van der Waals surface area contributed by atoms with Gasteiger partial charge in [-0.3, -0.25) is 9.59 Å². The van der Waals surface area contributed by atoms with Crippen molar-refractivity contribution < 1.29 is 18.7 Å². The molecule has 2 aromatic rings. The molecule has 0 unspecified atom stereocenters. The molecule has 148 valence electrons. The van der Waals surface area contributed by atoms with Crippen molar-refractivity contribution in [1.29, 1.82) is 0 Å². The number of halogens is 1. The second-order valence-corrected chi connectivity index (χ2v) is 7.02. The Hall–Kier alpha value is -2.89. The van der Waals surface area contributed by atoms with Gasteiger partial charge < -0.3 is 15.0 Å². The number of carbonyl (C=O) groups is 2. The van der Waals surface area contributed by atoms with Gasteiger partial charge in [0.15, 0.2) is 0 Å². The zero-order valence-corrected chi connectivity index (χ0v) is 16.0. The van der Waals surface area contributed by atoms with Gasteiger partial charge in [0.1, 0.15) is 11.6 Å². The molecular formula is C22H25FN2O3. The minimum Gasteiger partial charge on any atom is -0.497 e. The SMILES string of the molecule is COc1ccc(CCN2C[C@H](C(=O)NCc3cccc(F)c3)CCC2=O)cc1. The first kappa shape index (κ1) is 19.9. The molecule has 0 aromatic heterocycles. The Morgan fingerprint density at radius 1 is 1.21 bits per heavy atom. The average Bonchev–Trinajstić information content (AvgIpc) is 2.72. The van der Waals surface area contributed by atoms with Gasteiger partial charge in [-0.2, -0.15) is 0 Å². The summed E-state index contributed by atoms with van der Waals surface area (Å²) in [5.74, 6) is 0.239. The van der Waals surface area contributed by atoms with Crippen LogP contribution in [0.4, 0.5) is 4.39 Å². The summed E-state index contributed by atoms with van der Waals surface area (Å²) in [5.41, 5.74) is 1.84. The molecule has 5 nitrogen and oxygen atoms in total. The van der Waals surface area contributed by atoms with Crippen LogP contribution in [0.1, 0.15) is 24.0 Å². The smallest absolute Gasteiger partial charge is 0.225 e. The van der Waals surface area contributed by atoms with Crippen LogP contribution in [0.2, 0.25) is 0 Å². The van der Waals surface area contributed by atoms with Crippen molar-refractivity contribution in [1.82, 2.24) is 10.2 Å². The molecule has 1 saturated heterocycles. The Kier molecular flexibility index (Phi) is 6.63. The van der Waals surface area contributed by atoms with Crippen LogP contribution in [-0.2, 0) is 22.6 Å². The summed E-state index contributed by atoms with van der Waals surface area (Å²) >= 11 is 0. The third-order valence-corrected chi connectivity index (χ3v) is 5.06. The van der Waals surface area contributed by atoms with Gasteiger partial charge in [-0.15, -0.1) is 0 Å². The molecule has 28 heavy (non-hydrogen) atoms. The van der Waals surface area contributed by atoms with Crippen molar-refractivity contribution >= 4 is 11.8 Å². The monoisotopic (exact) mass is 384 g/mol. The topological polar surface area (TPSA) is 58.6 Å². The normalized spacial score (nSPS) is 16.7. The lowest BCUT2D eigenvalue weighted by molar-refractivity contribution is -0.138. The third kappa shape index (κ3) is 5.31. The van der Waals surface area contributed by atoms with Crippen molar-refractivity contribution in [2.75, 3.05) is 20.2 Å². The van der Waals surface area contributed by atoms with Crippen LogP contribution in [0.5, 0.6) is 5.75 Å². The number of benzene rings is 2. The number of rotatable bonds is 7. The fraction of sp³-hybridized carbons (Fsp3) is 0.364. The maximum Gasteiger partial charge on any atom is 0.225 e. The lowest BCUT2D eigenvalue weighted by atomic mass is 9.96. The highest BCUT2D eigenvalue weighted by Gasteiger charge is 2.29. The van der Waals surface area contributed by atoms with E-state index in [-0.39, 0.29) is 30.1 Å². The van der Waals surface area contributed by atoms with Gasteiger partial charge in [-0.25, -0.2) is 4.39 Å². The quantitative estimate of drug-likeness (QED) is 0.799. The van der Waals surface area contributed by atoms with Gasteiger partial charge in [-0.05, 0) is 48.2 Å². The number of likely N-dealkylation sites (tertiary alicyclic amines) is 1. The molecule has 1 aliphatic rings. The number of amides is 2. The molecule has 2 amide bonds. The van der Waals surface area contributed by atoms with Crippen LogP contribution < -0.4 is 10.1 Å². The van der Waals surface area contributed by atoms with E-state index in [0.717, 1.165) is 23.3 Å². The van der Waals surface area contributed by atoms with Gasteiger partial charge >= 0.3 is 0 Å². The number of nitrogens with zero attached hydrogens (tertiary/aromatic N) is 1. The average molecular weight is 384 g/mol. The number of ether oxygens (including phenoxy) is 1.